The van der Waals surface area contributed by atoms with Gasteiger partial charge < -0.3 is 0 Å². The molecular formula is C7H7N5O3S. The Morgan fingerprint density at radius 3 is 2.88 bits per heavy atom. The fourth-order valence-electron chi connectivity index (χ4n) is 1.42. The average molecular weight is 241 g/mol. The summed E-state index contributed by atoms with van der Waals surface area (Å²) in [5.74, 6) is -0.130. The first kappa shape index (κ1) is 10.8. The van der Waals surface area contributed by atoms with Gasteiger partial charge in [0.2, 0.25) is 5.95 Å². The Bertz CT molecular complexity index is 602. The molecule has 0 saturated carbocycles. The lowest BCUT2D eigenvalue weighted by Gasteiger charge is -2.14. The lowest BCUT2D eigenvalue weighted by molar-refractivity contribution is 0.128. The zero-order chi connectivity index (χ0) is 12.0. The topological polar surface area (TPSA) is 118 Å². The van der Waals surface area contributed by atoms with Crippen LogP contribution >= 0.6 is 0 Å². The maximum atomic E-state index is 11.5. The van der Waals surface area contributed by atoms with Gasteiger partial charge in [0, 0.05) is 4.91 Å². The average Bonchev–Trinajstić information content (AvgIpc) is 2.33. The number of azide groups is 1. The molecule has 84 valence electrons. The van der Waals surface area contributed by atoms with Crippen molar-refractivity contribution in [3.8, 4) is 0 Å². The Kier molecular flexibility index (Phi) is 2.12. The molecule has 0 aliphatic carbocycles. The van der Waals surface area contributed by atoms with Gasteiger partial charge in [0.05, 0.1) is 11.9 Å². The minimum atomic E-state index is -3.80. The summed E-state index contributed by atoms with van der Waals surface area (Å²) in [5, 5.41) is 3.21. The lowest BCUT2D eigenvalue weighted by atomic mass is 10.1. The molecule has 0 amide bonds. The Hall–Kier alpha value is -1.70. The minimum Gasteiger partial charge on any atom is -0.254 e. The van der Waals surface area contributed by atoms with Gasteiger partial charge in [-0.2, -0.15) is 8.42 Å². The SMILES string of the molecule is CC1(C)OS(=O)(=O)c2cnc(N=[N+]=[N-])nc21. The highest BCUT2D eigenvalue weighted by atomic mass is 32.2. The fourth-order valence-corrected chi connectivity index (χ4v) is 2.85. The summed E-state index contributed by atoms with van der Waals surface area (Å²) in [6, 6.07) is 0. The van der Waals surface area contributed by atoms with Crippen molar-refractivity contribution in [2.75, 3.05) is 0 Å². The molecule has 0 spiro atoms. The van der Waals surface area contributed by atoms with Crippen molar-refractivity contribution in [1.82, 2.24) is 9.97 Å². The van der Waals surface area contributed by atoms with Crippen LogP contribution < -0.4 is 0 Å². The molecule has 2 rings (SSSR count). The molecule has 16 heavy (non-hydrogen) atoms. The summed E-state index contributed by atoms with van der Waals surface area (Å²) in [5.41, 5.74) is 7.36. The van der Waals surface area contributed by atoms with Gasteiger partial charge in [0.1, 0.15) is 10.5 Å². The number of hydrogen-bond acceptors (Lipinski definition) is 6. The van der Waals surface area contributed by atoms with E-state index in [4.69, 9.17) is 9.71 Å². The molecule has 0 radical (unpaired) electrons. The summed E-state index contributed by atoms with van der Waals surface area (Å²) in [7, 11) is -3.80. The Labute approximate surface area is 91.0 Å². The number of nitrogens with zero attached hydrogens (tertiary/aromatic N) is 5. The third-order valence-electron chi connectivity index (χ3n) is 2.03. The van der Waals surface area contributed by atoms with Crippen molar-refractivity contribution in [1.29, 1.82) is 0 Å². The van der Waals surface area contributed by atoms with Gasteiger partial charge in [-0.25, -0.2) is 9.97 Å². The van der Waals surface area contributed by atoms with Crippen LogP contribution in [0.2, 0.25) is 0 Å². The molecule has 2 heterocycles. The van der Waals surface area contributed by atoms with E-state index in [0.29, 0.717) is 0 Å². The molecule has 0 saturated heterocycles. The molecular weight excluding hydrogens is 234 g/mol. The lowest BCUT2D eigenvalue weighted by Crippen LogP contribution is -2.17. The maximum Gasteiger partial charge on any atom is 0.301 e. The van der Waals surface area contributed by atoms with Crippen LogP contribution in [0, 0.1) is 0 Å². The predicted octanol–water partition coefficient (Wildman–Crippen LogP) is 1.37. The van der Waals surface area contributed by atoms with Crippen LogP contribution in [0.15, 0.2) is 16.2 Å². The first-order valence-corrected chi connectivity index (χ1v) is 5.66. The molecule has 1 aliphatic heterocycles. The normalized spacial score (nSPS) is 19.9. The molecule has 1 aliphatic rings. The minimum absolute atomic E-state index is 0.0885. The van der Waals surface area contributed by atoms with Crippen LogP contribution in [0.25, 0.3) is 10.4 Å². The van der Waals surface area contributed by atoms with E-state index in [1.165, 1.54) is 0 Å². The summed E-state index contributed by atoms with van der Waals surface area (Å²) in [6.07, 6.45) is 1.08. The van der Waals surface area contributed by atoms with E-state index in [1.54, 1.807) is 13.8 Å². The highest BCUT2D eigenvalue weighted by molar-refractivity contribution is 7.87. The second-order valence-corrected chi connectivity index (χ2v) is 5.13. The van der Waals surface area contributed by atoms with Crippen molar-refractivity contribution >= 4 is 16.1 Å². The maximum absolute atomic E-state index is 11.5. The standard InChI is InChI=1S/C7H7N5O3S/c1-7(2)5-4(16(13,14)15-7)3-9-6(10-5)11-12-8/h3H,1-2H3. The number of hydrogen-bond donors (Lipinski definition) is 0. The van der Waals surface area contributed by atoms with Gasteiger partial charge in [0.15, 0.2) is 0 Å². The smallest absolute Gasteiger partial charge is 0.254 e. The van der Waals surface area contributed by atoms with Gasteiger partial charge in [-0.1, -0.05) is 0 Å². The Balaban J connectivity index is 2.72. The summed E-state index contributed by atoms with van der Waals surface area (Å²) >= 11 is 0. The quantitative estimate of drug-likeness (QED) is 0.318. The van der Waals surface area contributed by atoms with Gasteiger partial charge in [-0.3, -0.25) is 4.18 Å². The van der Waals surface area contributed by atoms with E-state index in [2.05, 4.69) is 20.0 Å². The molecule has 0 N–H and O–H groups in total. The van der Waals surface area contributed by atoms with E-state index in [-0.39, 0.29) is 16.5 Å². The van der Waals surface area contributed by atoms with Crippen LogP contribution in [0.4, 0.5) is 5.95 Å². The van der Waals surface area contributed by atoms with Gasteiger partial charge >= 0.3 is 10.1 Å². The largest absolute Gasteiger partial charge is 0.301 e. The third-order valence-corrected chi connectivity index (χ3v) is 3.51. The zero-order valence-electron chi connectivity index (χ0n) is 8.45. The van der Waals surface area contributed by atoms with Crippen molar-refractivity contribution in [3.05, 3.63) is 22.3 Å². The highest BCUT2D eigenvalue weighted by Crippen LogP contribution is 2.39. The van der Waals surface area contributed by atoms with Crippen molar-refractivity contribution in [2.45, 2.75) is 24.3 Å². The van der Waals surface area contributed by atoms with Crippen LogP contribution in [0.3, 0.4) is 0 Å². The molecule has 8 nitrogen and oxygen atoms in total. The van der Waals surface area contributed by atoms with Gasteiger partial charge in [0.25, 0.3) is 0 Å². The number of rotatable bonds is 1. The van der Waals surface area contributed by atoms with E-state index < -0.39 is 15.7 Å². The highest BCUT2D eigenvalue weighted by Gasteiger charge is 2.44. The summed E-state index contributed by atoms with van der Waals surface area (Å²) in [6.45, 7) is 3.12. The van der Waals surface area contributed by atoms with Gasteiger partial charge in [-0.05, 0) is 24.5 Å². The molecule has 1 aromatic rings. The van der Waals surface area contributed by atoms with Crippen molar-refractivity contribution < 1.29 is 12.6 Å². The van der Waals surface area contributed by atoms with Crippen LogP contribution in [-0.4, -0.2) is 18.4 Å². The first-order chi connectivity index (χ1) is 7.37. The summed E-state index contributed by atoms with van der Waals surface area (Å²) in [4.78, 5) is 9.90. The second kappa shape index (κ2) is 3.14. The Morgan fingerprint density at radius 1 is 1.56 bits per heavy atom. The molecule has 0 bridgehead atoms. The van der Waals surface area contributed by atoms with Crippen LogP contribution in [0.1, 0.15) is 19.5 Å². The molecule has 0 unspecified atom stereocenters. The van der Waals surface area contributed by atoms with Crippen molar-refractivity contribution in [3.63, 3.8) is 0 Å². The zero-order valence-corrected chi connectivity index (χ0v) is 9.26. The molecule has 1 aromatic heterocycles. The fraction of sp³-hybridized carbons (Fsp3) is 0.429. The number of aromatic nitrogens is 2. The first-order valence-electron chi connectivity index (χ1n) is 4.25. The molecule has 0 atom stereocenters. The second-order valence-electron chi connectivity index (χ2n) is 3.62. The number of fused-ring (bicyclic) bond motifs is 1. The van der Waals surface area contributed by atoms with E-state index >= 15 is 0 Å². The van der Waals surface area contributed by atoms with Gasteiger partial charge in [-0.15, -0.1) is 0 Å². The van der Waals surface area contributed by atoms with Crippen molar-refractivity contribution in [2.24, 2.45) is 5.11 Å². The van der Waals surface area contributed by atoms with Crippen LogP contribution in [-0.2, 0) is 19.9 Å². The molecule has 0 fully saturated rings. The predicted molar refractivity (Wildman–Crippen MR) is 52.1 cm³/mol. The Morgan fingerprint density at radius 2 is 2.25 bits per heavy atom. The third kappa shape index (κ3) is 1.51. The van der Waals surface area contributed by atoms with E-state index in [9.17, 15) is 8.42 Å². The van der Waals surface area contributed by atoms with E-state index in [1.807, 2.05) is 0 Å². The molecule has 0 aromatic carbocycles. The molecule has 9 heteroatoms. The monoisotopic (exact) mass is 241 g/mol. The van der Waals surface area contributed by atoms with E-state index in [0.717, 1.165) is 6.20 Å². The summed E-state index contributed by atoms with van der Waals surface area (Å²) < 4.78 is 27.9. The van der Waals surface area contributed by atoms with Crippen LogP contribution in [0.5, 0.6) is 0 Å².